The van der Waals surface area contributed by atoms with Crippen LogP contribution in [0.3, 0.4) is 0 Å². The van der Waals surface area contributed by atoms with E-state index < -0.39 is 0 Å². The molecule has 0 spiro atoms. The molecule has 0 atom stereocenters. The van der Waals surface area contributed by atoms with Crippen molar-refractivity contribution in [1.29, 1.82) is 0 Å². The summed E-state index contributed by atoms with van der Waals surface area (Å²) in [7, 11) is 0. The first-order valence-corrected chi connectivity index (χ1v) is 7.50. The second kappa shape index (κ2) is 6.07. The van der Waals surface area contributed by atoms with Crippen LogP contribution in [-0.4, -0.2) is 10.1 Å². The van der Waals surface area contributed by atoms with Crippen LogP contribution in [0.5, 0.6) is 0 Å². The topological polar surface area (TPSA) is 33.1 Å². The summed E-state index contributed by atoms with van der Waals surface area (Å²) in [5, 5.41) is 10.3. The zero-order chi connectivity index (χ0) is 13.8. The highest BCUT2D eigenvalue weighted by molar-refractivity contribution is 7.98. The lowest BCUT2D eigenvalue weighted by atomic mass is 10.1. The van der Waals surface area contributed by atoms with Gasteiger partial charge in [-0.1, -0.05) is 36.4 Å². The van der Waals surface area contributed by atoms with Crippen LogP contribution in [0.4, 0.5) is 0 Å². The van der Waals surface area contributed by atoms with Crippen molar-refractivity contribution in [3.05, 3.63) is 71.9 Å². The van der Waals surface area contributed by atoms with Crippen molar-refractivity contribution in [2.45, 2.75) is 17.3 Å². The van der Waals surface area contributed by atoms with E-state index in [9.17, 15) is 0 Å². The van der Waals surface area contributed by atoms with Crippen molar-refractivity contribution < 1.29 is 5.11 Å². The van der Waals surface area contributed by atoms with E-state index >= 15 is 0 Å². The van der Waals surface area contributed by atoms with Crippen LogP contribution in [0, 0.1) is 0 Å². The predicted molar refractivity (Wildman–Crippen MR) is 83.7 cm³/mol. The Labute approximate surface area is 122 Å². The Morgan fingerprint density at radius 1 is 1.00 bits per heavy atom. The lowest BCUT2D eigenvalue weighted by Crippen LogP contribution is -1.87. The van der Waals surface area contributed by atoms with Gasteiger partial charge in [0.25, 0.3) is 0 Å². The fourth-order valence-corrected chi connectivity index (χ4v) is 3.14. The van der Waals surface area contributed by atoms with Crippen molar-refractivity contribution in [1.82, 2.24) is 4.98 Å². The molecule has 0 radical (unpaired) electrons. The summed E-state index contributed by atoms with van der Waals surface area (Å²) in [4.78, 5) is 5.64. The van der Waals surface area contributed by atoms with Crippen molar-refractivity contribution in [3.63, 3.8) is 0 Å². The Kier molecular flexibility index (Phi) is 4.00. The number of hydrogen-bond acceptors (Lipinski definition) is 3. The predicted octanol–water partition coefficient (Wildman–Crippen LogP) is 4.02. The van der Waals surface area contributed by atoms with E-state index in [0.717, 1.165) is 16.8 Å². The van der Waals surface area contributed by atoms with Gasteiger partial charge in [-0.3, -0.25) is 4.98 Å². The highest BCUT2D eigenvalue weighted by Gasteiger charge is 2.03. The number of thioether (sulfide) groups is 1. The van der Waals surface area contributed by atoms with Crippen LogP contribution in [0.15, 0.2) is 65.7 Å². The minimum atomic E-state index is 0.0875. The van der Waals surface area contributed by atoms with Crippen LogP contribution in [-0.2, 0) is 12.4 Å². The average molecular weight is 281 g/mol. The minimum Gasteiger partial charge on any atom is -0.392 e. The summed E-state index contributed by atoms with van der Waals surface area (Å²) in [5.41, 5.74) is 3.26. The van der Waals surface area contributed by atoms with Crippen molar-refractivity contribution >= 4 is 22.7 Å². The largest absolute Gasteiger partial charge is 0.392 e. The third kappa shape index (κ3) is 2.84. The second-order valence-corrected chi connectivity index (χ2v) is 5.64. The number of benzene rings is 2. The molecule has 0 fully saturated rings. The third-order valence-electron chi connectivity index (χ3n) is 3.19. The first-order chi connectivity index (χ1) is 9.86. The summed E-state index contributed by atoms with van der Waals surface area (Å²) < 4.78 is 0. The van der Waals surface area contributed by atoms with Gasteiger partial charge < -0.3 is 5.11 Å². The van der Waals surface area contributed by atoms with E-state index in [2.05, 4.69) is 35.3 Å². The molecule has 0 aliphatic heterocycles. The molecule has 1 aromatic heterocycles. The number of aliphatic hydroxyl groups is 1. The number of hydrogen-bond donors (Lipinski definition) is 1. The number of fused-ring (bicyclic) bond motifs is 1. The first-order valence-electron chi connectivity index (χ1n) is 6.52. The Balaban J connectivity index is 1.83. The first kappa shape index (κ1) is 13.2. The maximum atomic E-state index is 9.17. The summed E-state index contributed by atoms with van der Waals surface area (Å²) in [5.74, 6) is 0.878. The Bertz CT molecular complexity index is 722. The molecule has 2 nitrogen and oxygen atoms in total. The molecule has 1 N–H and O–H groups in total. The summed E-state index contributed by atoms with van der Waals surface area (Å²) in [6.07, 6.45) is 1.84. The van der Waals surface area contributed by atoms with Gasteiger partial charge in [-0.15, -0.1) is 11.8 Å². The third-order valence-corrected chi connectivity index (χ3v) is 4.23. The monoisotopic (exact) mass is 281 g/mol. The molecule has 3 heteroatoms. The van der Waals surface area contributed by atoms with E-state index in [1.165, 1.54) is 15.8 Å². The number of pyridine rings is 1. The second-order valence-electron chi connectivity index (χ2n) is 4.59. The summed E-state index contributed by atoms with van der Waals surface area (Å²) in [6.45, 7) is 0.0875. The van der Waals surface area contributed by atoms with Crippen LogP contribution in [0.1, 0.15) is 11.1 Å². The van der Waals surface area contributed by atoms with Gasteiger partial charge in [0.2, 0.25) is 0 Å². The fourth-order valence-electron chi connectivity index (χ4n) is 2.18. The summed E-state index contributed by atoms with van der Waals surface area (Å²) >= 11 is 1.77. The summed E-state index contributed by atoms with van der Waals surface area (Å²) in [6, 6.07) is 18.3. The Morgan fingerprint density at radius 2 is 1.85 bits per heavy atom. The minimum absolute atomic E-state index is 0.0875. The van der Waals surface area contributed by atoms with Gasteiger partial charge in [-0.05, 0) is 29.3 Å². The van der Waals surface area contributed by atoms with Gasteiger partial charge in [0.15, 0.2) is 0 Å². The average Bonchev–Trinajstić information content (AvgIpc) is 2.53. The highest BCUT2D eigenvalue weighted by Crippen LogP contribution is 2.26. The molecule has 2 aromatic carbocycles. The Morgan fingerprint density at radius 3 is 2.75 bits per heavy atom. The molecule has 100 valence electrons. The molecule has 0 saturated carbocycles. The maximum Gasteiger partial charge on any atom is 0.0742 e. The molecule has 0 unspecified atom stereocenters. The molecular formula is C17H15NOS. The number of aliphatic hydroxyl groups excluding tert-OH is 1. The number of aromatic nitrogens is 1. The van der Waals surface area contributed by atoms with Crippen molar-refractivity contribution in [3.8, 4) is 0 Å². The fraction of sp³-hybridized carbons (Fsp3) is 0.118. The van der Waals surface area contributed by atoms with Gasteiger partial charge in [-0.2, -0.15) is 0 Å². The molecule has 3 aromatic rings. The molecule has 20 heavy (non-hydrogen) atoms. The van der Waals surface area contributed by atoms with E-state index in [0.29, 0.717) is 0 Å². The molecule has 0 amide bonds. The van der Waals surface area contributed by atoms with Gasteiger partial charge in [0.1, 0.15) is 0 Å². The van der Waals surface area contributed by atoms with E-state index in [-0.39, 0.29) is 6.61 Å². The smallest absolute Gasteiger partial charge is 0.0742 e. The van der Waals surface area contributed by atoms with E-state index in [1.807, 2.05) is 30.5 Å². The van der Waals surface area contributed by atoms with Crippen LogP contribution >= 0.6 is 11.8 Å². The number of rotatable bonds is 4. The standard InChI is InChI=1S/C17H15NOS/c19-11-13-4-1-8-16(10-13)20-12-15-6-2-5-14-7-3-9-18-17(14)15/h1-10,19H,11-12H2. The molecular weight excluding hydrogens is 266 g/mol. The van der Waals surface area contributed by atoms with Gasteiger partial charge in [-0.25, -0.2) is 0 Å². The van der Waals surface area contributed by atoms with Crippen LogP contribution in [0.25, 0.3) is 10.9 Å². The Hall–Kier alpha value is -1.84. The molecule has 1 heterocycles. The number of para-hydroxylation sites is 1. The molecule has 0 saturated heterocycles. The lowest BCUT2D eigenvalue weighted by Gasteiger charge is -2.06. The molecule has 0 bridgehead atoms. The van der Waals surface area contributed by atoms with Gasteiger partial charge in [0.05, 0.1) is 12.1 Å². The zero-order valence-electron chi connectivity index (χ0n) is 11.0. The van der Waals surface area contributed by atoms with Gasteiger partial charge >= 0.3 is 0 Å². The quantitative estimate of drug-likeness (QED) is 0.733. The number of nitrogens with zero attached hydrogens (tertiary/aromatic N) is 1. The normalized spacial score (nSPS) is 10.8. The molecule has 3 rings (SSSR count). The van der Waals surface area contributed by atoms with Crippen molar-refractivity contribution in [2.24, 2.45) is 0 Å². The van der Waals surface area contributed by atoms with Crippen LogP contribution < -0.4 is 0 Å². The lowest BCUT2D eigenvalue weighted by molar-refractivity contribution is 0.281. The molecule has 0 aliphatic carbocycles. The zero-order valence-corrected chi connectivity index (χ0v) is 11.8. The highest BCUT2D eigenvalue weighted by atomic mass is 32.2. The maximum absolute atomic E-state index is 9.17. The molecule has 0 aliphatic rings. The van der Waals surface area contributed by atoms with E-state index in [4.69, 9.17) is 5.11 Å². The van der Waals surface area contributed by atoms with E-state index in [1.54, 1.807) is 11.8 Å². The van der Waals surface area contributed by atoms with Crippen LogP contribution in [0.2, 0.25) is 0 Å². The SMILES string of the molecule is OCc1cccc(SCc2cccc3cccnc23)c1. The van der Waals surface area contributed by atoms with Gasteiger partial charge in [0, 0.05) is 22.2 Å². The van der Waals surface area contributed by atoms with Crippen molar-refractivity contribution in [2.75, 3.05) is 0 Å².